The second-order valence-corrected chi connectivity index (χ2v) is 7.54. The van der Waals surface area contributed by atoms with E-state index in [4.69, 9.17) is 10.6 Å². The standard InChI is InChI=1S/C22H21N3OS/c23-21-15-8-7-14-20(21)22(18-10-3-1-4-11-18,19-12-5-2-6-13-19)26-25-27-17-9-16-24-27/h1-15,17H,16,23H2,(H,24,25). The summed E-state index contributed by atoms with van der Waals surface area (Å²) in [5, 5.41) is 2.02. The maximum atomic E-state index is 6.42. The van der Waals surface area contributed by atoms with E-state index in [1.165, 1.54) is 0 Å². The molecule has 0 aromatic heterocycles. The van der Waals surface area contributed by atoms with E-state index in [1.54, 1.807) is 0 Å². The van der Waals surface area contributed by atoms with Crippen LogP contribution in [0.4, 0.5) is 5.69 Å². The molecule has 0 bridgehead atoms. The first-order chi connectivity index (χ1) is 13.3. The highest BCUT2D eigenvalue weighted by molar-refractivity contribution is 7.88. The third kappa shape index (κ3) is 3.45. The molecular weight excluding hydrogens is 354 g/mol. The lowest BCUT2D eigenvalue weighted by molar-refractivity contribution is 0.0221. The van der Waals surface area contributed by atoms with Gasteiger partial charge in [0.2, 0.25) is 0 Å². The average molecular weight is 375 g/mol. The molecule has 0 amide bonds. The molecule has 4 rings (SSSR count). The van der Waals surface area contributed by atoms with Crippen LogP contribution >= 0.6 is 0 Å². The lowest BCUT2D eigenvalue weighted by Crippen LogP contribution is -2.32. The van der Waals surface area contributed by atoms with E-state index in [9.17, 15) is 0 Å². The van der Waals surface area contributed by atoms with E-state index in [0.29, 0.717) is 5.69 Å². The minimum Gasteiger partial charge on any atom is -0.398 e. The molecule has 0 saturated heterocycles. The highest BCUT2D eigenvalue weighted by atomic mass is 32.2. The molecular formula is C22H21N3OS. The molecule has 0 aliphatic carbocycles. The highest BCUT2D eigenvalue weighted by Gasteiger charge is 2.40. The molecule has 1 aliphatic rings. The number of nitrogen functional groups attached to an aromatic ring is 1. The molecule has 136 valence electrons. The summed E-state index contributed by atoms with van der Waals surface area (Å²) in [6, 6.07) is 28.0. The first-order valence-electron chi connectivity index (χ1n) is 8.79. The second kappa shape index (κ2) is 7.88. The molecule has 1 atom stereocenters. The largest absolute Gasteiger partial charge is 0.398 e. The predicted octanol–water partition coefficient (Wildman–Crippen LogP) is 4.33. The predicted molar refractivity (Wildman–Crippen MR) is 112 cm³/mol. The SMILES string of the molecule is Nc1ccccc1C(O/N=S1\C=CCN1)(c1ccccc1)c1ccccc1. The molecule has 0 radical (unpaired) electrons. The first kappa shape index (κ1) is 17.7. The van der Waals surface area contributed by atoms with Crippen molar-refractivity contribution in [3.63, 3.8) is 0 Å². The van der Waals surface area contributed by atoms with Crippen molar-refractivity contribution in [1.82, 2.24) is 4.72 Å². The third-order valence-corrected chi connectivity index (χ3v) is 5.68. The Labute approximate surface area is 161 Å². The van der Waals surface area contributed by atoms with Crippen LogP contribution in [0.3, 0.4) is 0 Å². The maximum Gasteiger partial charge on any atom is 0.176 e. The minimum atomic E-state index is -0.932. The lowest BCUT2D eigenvalue weighted by atomic mass is 9.79. The van der Waals surface area contributed by atoms with Crippen LogP contribution in [0.1, 0.15) is 16.7 Å². The number of para-hydroxylation sites is 1. The van der Waals surface area contributed by atoms with Gasteiger partial charge in [-0.25, -0.2) is 9.56 Å². The molecule has 0 spiro atoms. The molecule has 0 fully saturated rings. The van der Waals surface area contributed by atoms with Crippen LogP contribution in [0.2, 0.25) is 0 Å². The number of rotatable bonds is 5. The third-order valence-electron chi connectivity index (χ3n) is 4.53. The zero-order valence-corrected chi connectivity index (χ0v) is 15.6. The van der Waals surface area contributed by atoms with Gasteiger partial charge in [0.05, 0.1) is 0 Å². The topological polar surface area (TPSA) is 59.6 Å². The molecule has 27 heavy (non-hydrogen) atoms. The molecule has 5 heteroatoms. The molecule has 3 aromatic rings. The van der Waals surface area contributed by atoms with Gasteiger partial charge in [-0.05, 0) is 22.6 Å². The summed E-state index contributed by atoms with van der Waals surface area (Å²) >= 11 is 0. The zero-order chi connectivity index (χ0) is 18.5. The molecule has 3 aromatic carbocycles. The molecule has 3 N–H and O–H groups in total. The number of benzene rings is 3. The van der Waals surface area contributed by atoms with Crippen LogP contribution in [-0.4, -0.2) is 6.54 Å². The van der Waals surface area contributed by atoms with Crippen molar-refractivity contribution in [2.24, 2.45) is 4.53 Å². The Bertz CT molecular complexity index is 932. The van der Waals surface area contributed by atoms with Gasteiger partial charge in [-0.1, -0.05) is 89.5 Å². The quantitative estimate of drug-likeness (QED) is 0.396. The fourth-order valence-electron chi connectivity index (χ4n) is 3.26. The van der Waals surface area contributed by atoms with Crippen molar-refractivity contribution in [3.8, 4) is 0 Å². The van der Waals surface area contributed by atoms with Crippen molar-refractivity contribution in [3.05, 3.63) is 113 Å². The molecule has 1 heterocycles. The van der Waals surface area contributed by atoms with Crippen molar-refractivity contribution in [2.75, 3.05) is 12.3 Å². The normalized spacial score (nSPS) is 16.7. The van der Waals surface area contributed by atoms with E-state index < -0.39 is 16.5 Å². The molecule has 1 unspecified atom stereocenters. The van der Waals surface area contributed by atoms with Crippen LogP contribution in [0.25, 0.3) is 0 Å². The molecule has 1 aliphatic heterocycles. The van der Waals surface area contributed by atoms with Crippen LogP contribution in [0.5, 0.6) is 0 Å². The fourth-order valence-corrected chi connectivity index (χ4v) is 4.20. The van der Waals surface area contributed by atoms with Gasteiger partial charge < -0.3 is 5.73 Å². The van der Waals surface area contributed by atoms with E-state index in [1.807, 2.05) is 66.1 Å². The Balaban J connectivity index is 1.98. The van der Waals surface area contributed by atoms with Gasteiger partial charge in [0.15, 0.2) is 5.60 Å². The maximum absolute atomic E-state index is 6.42. The van der Waals surface area contributed by atoms with Gasteiger partial charge in [-0.15, -0.1) is 0 Å². The lowest BCUT2D eigenvalue weighted by Gasteiger charge is -2.33. The van der Waals surface area contributed by atoms with Crippen LogP contribution in [0, 0.1) is 0 Å². The van der Waals surface area contributed by atoms with Crippen LogP contribution < -0.4 is 10.5 Å². The van der Waals surface area contributed by atoms with E-state index in [0.717, 1.165) is 23.2 Å². The van der Waals surface area contributed by atoms with Crippen LogP contribution in [-0.2, 0) is 21.3 Å². The van der Waals surface area contributed by atoms with Gasteiger partial charge in [0.25, 0.3) is 0 Å². The summed E-state index contributed by atoms with van der Waals surface area (Å²) in [5.41, 5.74) is 8.98. The molecule has 0 saturated carbocycles. The van der Waals surface area contributed by atoms with E-state index in [2.05, 4.69) is 39.6 Å². The smallest absolute Gasteiger partial charge is 0.176 e. The number of hydrogen-bond donors (Lipinski definition) is 2. The highest BCUT2D eigenvalue weighted by Crippen LogP contribution is 2.43. The number of nitrogens with two attached hydrogens (primary N) is 1. The number of hydrogen-bond acceptors (Lipinski definition) is 3. The van der Waals surface area contributed by atoms with Crippen molar-refractivity contribution in [1.29, 1.82) is 0 Å². The average Bonchev–Trinajstić information content (AvgIpc) is 3.25. The summed E-state index contributed by atoms with van der Waals surface area (Å²) in [6.45, 7) is 0.799. The van der Waals surface area contributed by atoms with Gasteiger partial charge in [-0.3, -0.25) is 0 Å². The Morgan fingerprint density at radius 1 is 0.852 bits per heavy atom. The zero-order valence-electron chi connectivity index (χ0n) is 14.8. The molecule has 4 nitrogen and oxygen atoms in total. The second-order valence-electron chi connectivity index (χ2n) is 6.20. The number of nitrogens with zero attached hydrogens (tertiary/aromatic N) is 1. The number of anilines is 1. The Morgan fingerprint density at radius 2 is 1.44 bits per heavy atom. The Kier molecular flexibility index (Phi) is 5.16. The summed E-state index contributed by atoms with van der Waals surface area (Å²) in [4.78, 5) is 6.40. The van der Waals surface area contributed by atoms with Crippen molar-refractivity contribution in [2.45, 2.75) is 5.60 Å². The van der Waals surface area contributed by atoms with E-state index in [-0.39, 0.29) is 0 Å². The first-order valence-corrected chi connectivity index (χ1v) is 10.0. The fraction of sp³-hybridized carbons (Fsp3) is 0.0909. The van der Waals surface area contributed by atoms with E-state index >= 15 is 0 Å². The monoisotopic (exact) mass is 375 g/mol. The van der Waals surface area contributed by atoms with Gasteiger partial charge in [0.1, 0.15) is 0 Å². The van der Waals surface area contributed by atoms with Gasteiger partial charge in [0, 0.05) is 28.7 Å². The summed E-state index contributed by atoms with van der Waals surface area (Å²) < 4.78 is 7.83. The Morgan fingerprint density at radius 3 is 2.00 bits per heavy atom. The van der Waals surface area contributed by atoms with Gasteiger partial charge in [-0.2, -0.15) is 0 Å². The summed E-state index contributed by atoms with van der Waals surface area (Å²) in [7, 11) is -0.470. The number of nitrogens with one attached hydrogen (secondary N) is 1. The minimum absolute atomic E-state index is 0.470. The summed E-state index contributed by atoms with van der Waals surface area (Å²) in [5.74, 6) is 0. The van der Waals surface area contributed by atoms with Crippen LogP contribution in [0.15, 0.2) is 101 Å². The van der Waals surface area contributed by atoms with Crippen molar-refractivity contribution >= 4 is 16.6 Å². The van der Waals surface area contributed by atoms with Gasteiger partial charge >= 0.3 is 0 Å². The summed E-state index contributed by atoms with van der Waals surface area (Å²) in [6.07, 6.45) is 2.06. The Hall–Kier alpha value is -2.73. The van der Waals surface area contributed by atoms with Crippen molar-refractivity contribution < 1.29 is 4.84 Å².